The van der Waals surface area contributed by atoms with Crippen LogP contribution in [0.2, 0.25) is 0 Å². The lowest BCUT2D eigenvalue weighted by molar-refractivity contribution is -0.159. The van der Waals surface area contributed by atoms with E-state index in [0.29, 0.717) is 34.2 Å². The van der Waals surface area contributed by atoms with Gasteiger partial charge in [0.25, 0.3) is 0 Å². The Morgan fingerprint density at radius 2 is 0.447 bits per heavy atom. The quantitative estimate of drug-likeness (QED) is 0.0258. The second kappa shape index (κ2) is 58.3. The topological polar surface area (TPSA) is 302 Å². The van der Waals surface area contributed by atoms with Crippen molar-refractivity contribution in [3.63, 3.8) is 0 Å². The van der Waals surface area contributed by atoms with Crippen LogP contribution in [0, 0.1) is 28.1 Å². The summed E-state index contributed by atoms with van der Waals surface area (Å²) in [5.74, 6) is -3.23. The Labute approximate surface area is 786 Å². The molecule has 0 amide bonds. The molecule has 5 aromatic carbocycles. The molecule has 30 heteroatoms. The molecule has 0 bridgehead atoms. The lowest BCUT2D eigenvalue weighted by atomic mass is 9.84. The Morgan fingerprint density at radius 3 is 0.659 bits per heavy atom. The zero-order valence-corrected chi connectivity index (χ0v) is 83.8. The largest absolute Gasteiger partial charge is 0.460 e. The van der Waals surface area contributed by atoms with Gasteiger partial charge >= 0.3 is 41.8 Å². The number of nitrogens with zero attached hydrogens (tertiary/aromatic N) is 5. The standard InChI is InChI=1S/C102H157N5O25/c1-27-102(67-119-63-89(122-56-76(8)127-94(109)49-71(3)51-101(14,15)16)59-116-53-73(5)128-95(110)79-28-38-84(39-29-79)103(17)18,68-120-64-90(123-57-77(9)131-98(113)82-34-44-87(45-35-82)106(23)24)60-117-54-74(6)129-96(111)80-30-40-85(41-31-80)104(19)20)69-121-65-91(61-115-52-72(4)126-93(108)48-70(2)50-100(11,12)13)125-66-92(124-58-78(10)132-99(114)83-36-46-88(47-37-83)107(25)26)62-118-55-75(7)130-97(112)81-32-42-86(43-33-81)105(21)22/h28-47,70-78,89-92H,27,48-69H2,1-26H3. The van der Waals surface area contributed by atoms with Crippen LogP contribution in [0.5, 0.6) is 0 Å². The van der Waals surface area contributed by atoms with E-state index in [1.807, 2.05) is 176 Å². The number of carbonyl (C=O) groups excluding carboxylic acids is 7. The summed E-state index contributed by atoms with van der Waals surface area (Å²) in [4.78, 5) is 104. The minimum atomic E-state index is -0.995. The van der Waals surface area contributed by atoms with Crippen LogP contribution in [-0.4, -0.2) is 298 Å². The third-order valence-electron chi connectivity index (χ3n) is 21.0. The first-order valence-electron chi connectivity index (χ1n) is 46.1. The predicted octanol–water partition coefficient (Wildman–Crippen LogP) is 15.4. The Hall–Kier alpha value is -9.05. The van der Waals surface area contributed by atoms with E-state index in [2.05, 4.69) is 41.5 Å². The summed E-state index contributed by atoms with van der Waals surface area (Å²) in [6.45, 7) is 30.0. The van der Waals surface area contributed by atoms with Gasteiger partial charge in [0, 0.05) is 117 Å². The van der Waals surface area contributed by atoms with Gasteiger partial charge in [0.1, 0.15) is 67.1 Å². The summed E-state index contributed by atoms with van der Waals surface area (Å²) in [6.07, 6.45) is -5.69. The van der Waals surface area contributed by atoms with Gasteiger partial charge in [0.05, 0.1) is 147 Å². The van der Waals surface area contributed by atoms with Gasteiger partial charge in [-0.15, -0.1) is 0 Å². The number of rotatable bonds is 64. The zero-order chi connectivity index (χ0) is 97.8. The van der Waals surface area contributed by atoms with Crippen LogP contribution < -0.4 is 24.5 Å². The fourth-order valence-corrected chi connectivity index (χ4v) is 14.1. The molecule has 0 fully saturated rings. The molecule has 0 radical (unpaired) electrons. The maximum Gasteiger partial charge on any atom is 0.338 e. The number of hydrogen-bond donors (Lipinski definition) is 0. The van der Waals surface area contributed by atoms with Crippen molar-refractivity contribution < 1.29 is 119 Å². The molecular weight excluding hydrogens is 1700 g/mol. The number of ether oxygens (including phenoxy) is 18. The molecule has 0 saturated heterocycles. The van der Waals surface area contributed by atoms with Gasteiger partial charge in [-0.3, -0.25) is 9.59 Å². The number of esters is 7. The van der Waals surface area contributed by atoms with Gasteiger partial charge in [-0.25, -0.2) is 24.0 Å². The Kier molecular flexibility index (Phi) is 50.1. The van der Waals surface area contributed by atoms with Crippen LogP contribution in [0.3, 0.4) is 0 Å². The van der Waals surface area contributed by atoms with Crippen LogP contribution in [0.15, 0.2) is 121 Å². The number of anilines is 5. The highest BCUT2D eigenvalue weighted by Crippen LogP contribution is 2.30. The number of carbonyl (C=O) groups is 7. The molecule has 0 aromatic heterocycles. The van der Waals surface area contributed by atoms with Gasteiger partial charge in [-0.2, -0.15) is 0 Å². The van der Waals surface area contributed by atoms with Crippen LogP contribution >= 0.6 is 0 Å². The van der Waals surface area contributed by atoms with Gasteiger partial charge in [-0.05, 0) is 212 Å². The zero-order valence-electron chi connectivity index (χ0n) is 83.8. The van der Waals surface area contributed by atoms with Crippen LogP contribution in [0.4, 0.5) is 28.4 Å². The van der Waals surface area contributed by atoms with E-state index in [0.717, 1.165) is 41.3 Å². The first kappa shape index (κ1) is 113. The van der Waals surface area contributed by atoms with Crippen molar-refractivity contribution in [2.45, 2.75) is 210 Å². The molecule has 0 saturated carbocycles. The molecule has 14 atom stereocenters. The van der Waals surface area contributed by atoms with Crippen molar-refractivity contribution in [1.82, 2.24) is 0 Å². The number of hydrogen-bond acceptors (Lipinski definition) is 30. The van der Waals surface area contributed by atoms with Gasteiger partial charge in [-0.1, -0.05) is 62.3 Å². The summed E-state index contributed by atoms with van der Waals surface area (Å²) >= 11 is 0. The fourth-order valence-electron chi connectivity index (χ4n) is 14.1. The lowest BCUT2D eigenvalue weighted by Gasteiger charge is -2.34. The molecule has 132 heavy (non-hydrogen) atoms. The van der Waals surface area contributed by atoms with Gasteiger partial charge < -0.3 is 110 Å². The first-order valence-corrected chi connectivity index (χ1v) is 46.1. The molecule has 0 aliphatic carbocycles. The minimum Gasteiger partial charge on any atom is -0.460 e. The van der Waals surface area contributed by atoms with Gasteiger partial charge in [0.2, 0.25) is 0 Å². The van der Waals surface area contributed by atoms with E-state index in [-0.39, 0.29) is 166 Å². The third-order valence-corrected chi connectivity index (χ3v) is 21.0. The average Bonchev–Trinajstić information content (AvgIpc) is 0.898. The molecule has 0 N–H and O–H groups in total. The second-order valence-corrected chi connectivity index (χ2v) is 38.4. The first-order chi connectivity index (χ1) is 62.3. The summed E-state index contributed by atoms with van der Waals surface area (Å²) in [6, 6.07) is 35.3. The second-order valence-electron chi connectivity index (χ2n) is 38.4. The Bertz CT molecular complexity index is 4140. The maximum atomic E-state index is 13.6. The summed E-state index contributed by atoms with van der Waals surface area (Å²) in [5, 5.41) is 0. The minimum absolute atomic E-state index is 0.00355. The third kappa shape index (κ3) is 45.8. The van der Waals surface area contributed by atoms with Crippen molar-refractivity contribution in [3.8, 4) is 0 Å². The molecule has 0 aliphatic rings. The van der Waals surface area contributed by atoms with E-state index in [1.165, 1.54) is 0 Å². The van der Waals surface area contributed by atoms with E-state index in [1.54, 1.807) is 109 Å². The van der Waals surface area contributed by atoms with E-state index < -0.39 is 102 Å². The summed E-state index contributed by atoms with van der Waals surface area (Å²) < 4.78 is 113. The van der Waals surface area contributed by atoms with Crippen molar-refractivity contribution >= 4 is 70.2 Å². The van der Waals surface area contributed by atoms with Crippen molar-refractivity contribution in [3.05, 3.63) is 149 Å². The van der Waals surface area contributed by atoms with E-state index in [9.17, 15) is 33.6 Å². The van der Waals surface area contributed by atoms with Crippen LogP contribution in [0.1, 0.15) is 195 Å². The monoisotopic (exact) mass is 1850 g/mol. The van der Waals surface area contributed by atoms with Gasteiger partial charge in [0.15, 0.2) is 0 Å². The summed E-state index contributed by atoms with van der Waals surface area (Å²) in [5.41, 5.74) is 5.40. The molecule has 5 aromatic rings. The molecule has 740 valence electrons. The Morgan fingerprint density at radius 1 is 0.258 bits per heavy atom. The smallest absolute Gasteiger partial charge is 0.338 e. The van der Waals surface area contributed by atoms with Crippen LogP contribution in [-0.2, 0) is 94.9 Å². The van der Waals surface area contributed by atoms with Crippen molar-refractivity contribution in [2.24, 2.45) is 28.1 Å². The molecule has 14 unspecified atom stereocenters. The normalized spacial score (nSPS) is 15.2. The number of benzene rings is 5. The molecule has 0 spiro atoms. The predicted molar refractivity (Wildman–Crippen MR) is 512 cm³/mol. The Balaban J connectivity index is 1.51. The van der Waals surface area contributed by atoms with Crippen molar-refractivity contribution in [2.75, 3.05) is 214 Å². The van der Waals surface area contributed by atoms with Crippen molar-refractivity contribution in [1.29, 1.82) is 0 Å². The molecule has 0 aliphatic heterocycles. The SMILES string of the molecule is CCC(COCC(COCC(C)OC(=O)c1ccc(N(C)C)cc1)OCC(C)OC(=O)CC(C)CC(C)(C)C)(COCC(COCC(C)OC(=O)c1ccc(N(C)C)cc1)OCC(C)OC(=O)c1ccc(N(C)C)cc1)COCC(COCC(C)OC(=O)CC(C)CC(C)(C)C)OCC(COCC(C)OC(=O)c1ccc(N(C)C)cc1)OCC(C)OC(=O)c1ccc(N(C)C)cc1. The molecule has 0 heterocycles. The molecule has 30 nitrogen and oxygen atoms in total. The highest BCUT2D eigenvalue weighted by atomic mass is 16.6. The summed E-state index contributed by atoms with van der Waals surface area (Å²) in [7, 11) is 19.1. The van der Waals surface area contributed by atoms with E-state index in [4.69, 9.17) is 85.3 Å². The highest BCUT2D eigenvalue weighted by molar-refractivity contribution is 5.92. The highest BCUT2D eigenvalue weighted by Gasteiger charge is 2.34. The lowest BCUT2D eigenvalue weighted by Crippen LogP contribution is -2.41. The molecular formula is C102H157N5O25. The average molecular weight is 1850 g/mol. The maximum absolute atomic E-state index is 13.6. The van der Waals surface area contributed by atoms with Crippen LogP contribution in [0.25, 0.3) is 0 Å². The van der Waals surface area contributed by atoms with E-state index >= 15 is 0 Å². The molecule has 5 rings (SSSR count). The fraction of sp³-hybridized carbons (Fsp3) is 0.637.